The van der Waals surface area contributed by atoms with E-state index in [-0.39, 0.29) is 12.7 Å². The Balaban J connectivity index is 1.60. The highest BCUT2D eigenvalue weighted by Gasteiger charge is 2.24. The quantitative estimate of drug-likeness (QED) is 0.805. The van der Waals surface area contributed by atoms with Gasteiger partial charge in [-0.2, -0.15) is 5.10 Å². The number of rotatable bonds is 1. The molecule has 6 nitrogen and oxygen atoms in total. The molecule has 1 aromatic heterocycles. The molecule has 0 bridgehead atoms. The van der Waals surface area contributed by atoms with Crippen LogP contribution in [0.2, 0.25) is 0 Å². The summed E-state index contributed by atoms with van der Waals surface area (Å²) in [4.78, 5) is 14.7. The topological polar surface area (TPSA) is 56.6 Å². The number of aromatic nitrogens is 2. The largest absolute Gasteiger partial charge is 0.454 e. The van der Waals surface area contributed by atoms with Crippen LogP contribution in [0.25, 0.3) is 0 Å². The predicted octanol–water partition coefficient (Wildman–Crippen LogP) is 1.74. The lowest BCUT2D eigenvalue weighted by atomic mass is 10.1. The molecule has 2 aliphatic rings. The third-order valence-electron chi connectivity index (χ3n) is 4.26. The van der Waals surface area contributed by atoms with E-state index in [9.17, 15) is 4.79 Å². The fourth-order valence-corrected chi connectivity index (χ4v) is 3.07. The van der Waals surface area contributed by atoms with E-state index in [0.29, 0.717) is 23.6 Å². The van der Waals surface area contributed by atoms with Crippen LogP contribution in [0.1, 0.15) is 28.0 Å². The standard InChI is InChI=1S/C16H17N3O3/c1-18-13-3-2-6-19(9-12(13)8-17-18)16(20)11-4-5-14-15(7-11)22-10-21-14/h4-5,7-8H,2-3,6,9-10H2,1H3. The first kappa shape index (κ1) is 13.2. The third kappa shape index (κ3) is 2.11. The molecule has 0 N–H and O–H groups in total. The summed E-state index contributed by atoms with van der Waals surface area (Å²) in [6, 6.07) is 5.35. The summed E-state index contributed by atoms with van der Waals surface area (Å²) in [7, 11) is 1.95. The van der Waals surface area contributed by atoms with E-state index in [0.717, 1.165) is 24.9 Å². The molecule has 2 aliphatic heterocycles. The minimum Gasteiger partial charge on any atom is -0.454 e. The van der Waals surface area contributed by atoms with Gasteiger partial charge >= 0.3 is 0 Å². The molecule has 22 heavy (non-hydrogen) atoms. The van der Waals surface area contributed by atoms with Crippen molar-refractivity contribution in [2.24, 2.45) is 7.05 Å². The zero-order chi connectivity index (χ0) is 15.1. The van der Waals surface area contributed by atoms with Crippen LogP contribution in [0, 0.1) is 0 Å². The molecule has 0 fully saturated rings. The van der Waals surface area contributed by atoms with Gasteiger partial charge in [-0.3, -0.25) is 9.48 Å². The molecule has 4 rings (SSSR count). The zero-order valence-corrected chi connectivity index (χ0v) is 12.4. The van der Waals surface area contributed by atoms with Crippen molar-refractivity contribution in [2.75, 3.05) is 13.3 Å². The molecule has 0 atom stereocenters. The predicted molar refractivity (Wildman–Crippen MR) is 78.8 cm³/mol. The Kier molecular flexibility index (Phi) is 3.03. The lowest BCUT2D eigenvalue weighted by Crippen LogP contribution is -2.30. The molecule has 0 aliphatic carbocycles. The van der Waals surface area contributed by atoms with Crippen molar-refractivity contribution in [3.8, 4) is 11.5 Å². The maximum Gasteiger partial charge on any atom is 0.254 e. The van der Waals surface area contributed by atoms with Gasteiger partial charge in [-0.05, 0) is 31.0 Å². The Bertz CT molecular complexity index is 738. The summed E-state index contributed by atoms with van der Waals surface area (Å²) in [6.07, 6.45) is 3.76. The second-order valence-corrected chi connectivity index (χ2v) is 5.64. The van der Waals surface area contributed by atoms with Gasteiger partial charge < -0.3 is 14.4 Å². The number of carbonyl (C=O) groups excluding carboxylic acids is 1. The summed E-state index contributed by atoms with van der Waals surface area (Å²) in [5, 5.41) is 4.30. The number of hydrogen-bond donors (Lipinski definition) is 0. The van der Waals surface area contributed by atoms with E-state index < -0.39 is 0 Å². The van der Waals surface area contributed by atoms with Crippen molar-refractivity contribution in [1.29, 1.82) is 0 Å². The number of aryl methyl sites for hydroxylation is 1. The van der Waals surface area contributed by atoms with Crippen molar-refractivity contribution >= 4 is 5.91 Å². The van der Waals surface area contributed by atoms with Gasteiger partial charge in [0.1, 0.15) is 0 Å². The number of hydrogen-bond acceptors (Lipinski definition) is 4. The van der Waals surface area contributed by atoms with Crippen LogP contribution in [0.3, 0.4) is 0 Å². The van der Waals surface area contributed by atoms with Crippen LogP contribution >= 0.6 is 0 Å². The monoisotopic (exact) mass is 299 g/mol. The van der Waals surface area contributed by atoms with Crippen molar-refractivity contribution in [3.63, 3.8) is 0 Å². The maximum absolute atomic E-state index is 12.8. The normalized spacial score (nSPS) is 16.3. The Hall–Kier alpha value is -2.50. The summed E-state index contributed by atoms with van der Waals surface area (Å²) in [5.41, 5.74) is 2.99. The average molecular weight is 299 g/mol. The molecule has 1 amide bonds. The van der Waals surface area contributed by atoms with E-state index in [4.69, 9.17) is 9.47 Å². The van der Waals surface area contributed by atoms with Crippen LogP contribution in [0.5, 0.6) is 11.5 Å². The zero-order valence-electron chi connectivity index (χ0n) is 12.4. The highest BCUT2D eigenvalue weighted by molar-refractivity contribution is 5.95. The fraction of sp³-hybridized carbons (Fsp3) is 0.375. The maximum atomic E-state index is 12.8. The molecule has 3 heterocycles. The molecule has 0 spiro atoms. The second-order valence-electron chi connectivity index (χ2n) is 5.64. The van der Waals surface area contributed by atoms with Gasteiger partial charge in [0.15, 0.2) is 11.5 Å². The van der Waals surface area contributed by atoms with Gasteiger partial charge in [-0.1, -0.05) is 0 Å². The minimum absolute atomic E-state index is 0.0232. The summed E-state index contributed by atoms with van der Waals surface area (Å²) >= 11 is 0. The van der Waals surface area contributed by atoms with Gasteiger partial charge in [0.25, 0.3) is 5.91 Å². The first-order chi connectivity index (χ1) is 10.7. The van der Waals surface area contributed by atoms with Gasteiger partial charge in [0, 0.05) is 37.0 Å². The first-order valence-corrected chi connectivity index (χ1v) is 7.41. The van der Waals surface area contributed by atoms with Crippen molar-refractivity contribution in [3.05, 3.63) is 41.2 Å². The Morgan fingerprint density at radius 2 is 2.14 bits per heavy atom. The molecular formula is C16H17N3O3. The number of carbonyl (C=O) groups is 1. The minimum atomic E-state index is 0.0232. The molecule has 1 aromatic carbocycles. The highest BCUT2D eigenvalue weighted by atomic mass is 16.7. The number of benzene rings is 1. The molecule has 0 saturated carbocycles. The van der Waals surface area contributed by atoms with E-state index in [1.165, 1.54) is 5.69 Å². The smallest absolute Gasteiger partial charge is 0.254 e. The van der Waals surface area contributed by atoms with Crippen LogP contribution < -0.4 is 9.47 Å². The number of nitrogens with zero attached hydrogens (tertiary/aromatic N) is 3. The van der Waals surface area contributed by atoms with E-state index in [2.05, 4.69) is 5.10 Å². The Labute approximate surface area is 128 Å². The fourth-order valence-electron chi connectivity index (χ4n) is 3.07. The van der Waals surface area contributed by atoms with E-state index in [1.807, 2.05) is 22.8 Å². The highest BCUT2D eigenvalue weighted by Crippen LogP contribution is 2.33. The van der Waals surface area contributed by atoms with Crippen LogP contribution in [0.4, 0.5) is 0 Å². The SMILES string of the molecule is Cn1ncc2c1CCCN(C(=O)c1ccc3c(c1)OCO3)C2. The van der Waals surface area contributed by atoms with Crippen LogP contribution in [0.15, 0.2) is 24.4 Å². The van der Waals surface area contributed by atoms with Crippen molar-refractivity contribution < 1.29 is 14.3 Å². The average Bonchev–Trinajstić information content (AvgIpc) is 3.06. The van der Waals surface area contributed by atoms with Crippen molar-refractivity contribution in [1.82, 2.24) is 14.7 Å². The van der Waals surface area contributed by atoms with Gasteiger partial charge in [-0.25, -0.2) is 0 Å². The number of fused-ring (bicyclic) bond motifs is 2. The lowest BCUT2D eigenvalue weighted by molar-refractivity contribution is 0.0745. The van der Waals surface area contributed by atoms with Crippen LogP contribution in [-0.2, 0) is 20.0 Å². The second kappa shape index (κ2) is 5.05. The molecule has 114 valence electrons. The van der Waals surface area contributed by atoms with Crippen molar-refractivity contribution in [2.45, 2.75) is 19.4 Å². The molecule has 0 radical (unpaired) electrons. The molecular weight excluding hydrogens is 282 g/mol. The first-order valence-electron chi connectivity index (χ1n) is 7.41. The molecule has 6 heteroatoms. The number of amides is 1. The Morgan fingerprint density at radius 3 is 3.05 bits per heavy atom. The summed E-state index contributed by atoms with van der Waals surface area (Å²) in [5.74, 6) is 1.36. The van der Waals surface area contributed by atoms with E-state index in [1.54, 1.807) is 18.2 Å². The van der Waals surface area contributed by atoms with Gasteiger partial charge in [0.05, 0.1) is 6.20 Å². The van der Waals surface area contributed by atoms with Gasteiger partial charge in [0.2, 0.25) is 6.79 Å². The summed E-state index contributed by atoms with van der Waals surface area (Å²) < 4.78 is 12.6. The molecule has 0 saturated heterocycles. The van der Waals surface area contributed by atoms with Gasteiger partial charge in [-0.15, -0.1) is 0 Å². The molecule has 0 unspecified atom stereocenters. The lowest BCUT2D eigenvalue weighted by Gasteiger charge is -2.20. The molecule has 2 aromatic rings. The van der Waals surface area contributed by atoms with E-state index >= 15 is 0 Å². The summed E-state index contributed by atoms with van der Waals surface area (Å²) in [6.45, 7) is 1.58. The Morgan fingerprint density at radius 1 is 1.27 bits per heavy atom. The number of ether oxygens (including phenoxy) is 2. The van der Waals surface area contributed by atoms with Crippen LogP contribution in [-0.4, -0.2) is 33.9 Å². The third-order valence-corrected chi connectivity index (χ3v) is 4.26.